The van der Waals surface area contributed by atoms with E-state index in [4.69, 9.17) is 20.9 Å². The molecule has 3 aromatic rings. The van der Waals surface area contributed by atoms with E-state index in [1.807, 2.05) is 12.1 Å². The lowest BCUT2D eigenvalue weighted by atomic mass is 10.1. The summed E-state index contributed by atoms with van der Waals surface area (Å²) in [6, 6.07) is 9.00. The van der Waals surface area contributed by atoms with Gasteiger partial charge in [0.2, 0.25) is 0 Å². The number of amides is 1. The highest BCUT2D eigenvalue weighted by Gasteiger charge is 2.15. The third-order valence-electron chi connectivity index (χ3n) is 3.76. The Morgan fingerprint density at radius 3 is 2.81 bits per heavy atom. The van der Waals surface area contributed by atoms with Crippen LogP contribution in [0, 0.1) is 0 Å². The fraction of sp³-hybridized carbons (Fsp3) is 0.222. The first-order valence-corrected chi connectivity index (χ1v) is 9.02. The van der Waals surface area contributed by atoms with Crippen LogP contribution in [0.4, 0.5) is 5.69 Å². The number of hydrogen-bond acceptors (Lipinski definition) is 6. The summed E-state index contributed by atoms with van der Waals surface area (Å²) in [7, 11) is 5.02. The molecule has 0 fully saturated rings. The molecule has 26 heavy (non-hydrogen) atoms. The molecule has 6 nitrogen and oxygen atoms in total. The molecule has 0 aliphatic rings. The van der Waals surface area contributed by atoms with Crippen LogP contribution in [0.25, 0.3) is 10.6 Å². The zero-order valence-corrected chi connectivity index (χ0v) is 16.1. The zero-order valence-electron chi connectivity index (χ0n) is 14.6. The summed E-state index contributed by atoms with van der Waals surface area (Å²) < 4.78 is 11.4. The fourth-order valence-electron chi connectivity index (χ4n) is 2.45. The molecule has 2 heterocycles. The number of carbonyl (C=O) groups is 1. The second kappa shape index (κ2) is 7.80. The molecule has 0 aliphatic carbocycles. The van der Waals surface area contributed by atoms with Gasteiger partial charge in [-0.15, -0.1) is 11.3 Å². The average Bonchev–Trinajstić information content (AvgIpc) is 3.27. The Labute approximate surface area is 160 Å². The molecule has 2 aromatic heterocycles. The van der Waals surface area contributed by atoms with Crippen molar-refractivity contribution in [2.45, 2.75) is 6.54 Å². The van der Waals surface area contributed by atoms with E-state index in [9.17, 15) is 4.79 Å². The Kier molecular flexibility index (Phi) is 5.49. The normalized spacial score (nSPS) is 10.6. The smallest absolute Gasteiger partial charge is 0.253 e. The number of hydrogen-bond donors (Lipinski definition) is 1. The van der Waals surface area contributed by atoms with Crippen molar-refractivity contribution in [2.24, 2.45) is 0 Å². The Balaban J connectivity index is 1.83. The van der Waals surface area contributed by atoms with E-state index in [1.54, 1.807) is 45.6 Å². The van der Waals surface area contributed by atoms with Crippen LogP contribution in [-0.2, 0) is 6.54 Å². The molecule has 0 saturated carbocycles. The second-order valence-corrected chi connectivity index (χ2v) is 7.47. The molecule has 8 heteroatoms. The van der Waals surface area contributed by atoms with Gasteiger partial charge in [-0.25, -0.2) is 0 Å². The molecule has 136 valence electrons. The minimum Gasteiger partial charge on any atom is -0.495 e. The van der Waals surface area contributed by atoms with Crippen LogP contribution in [0.5, 0.6) is 5.75 Å². The minimum atomic E-state index is -0.0744. The third kappa shape index (κ3) is 3.84. The third-order valence-corrected chi connectivity index (χ3v) is 4.99. The SMILES string of the molecule is COc1ccc(C(=O)N(C)C)cc1NCc1cnoc1-c1ccc(Cl)s1. The quantitative estimate of drug-likeness (QED) is 0.675. The predicted octanol–water partition coefficient (Wildman–Crippen LogP) is 4.38. The highest BCUT2D eigenvalue weighted by Crippen LogP contribution is 2.34. The van der Waals surface area contributed by atoms with Crippen LogP contribution in [0.15, 0.2) is 41.1 Å². The molecule has 1 aromatic carbocycles. The van der Waals surface area contributed by atoms with Gasteiger partial charge < -0.3 is 19.5 Å². The molecule has 1 N–H and O–H groups in total. The molecule has 0 spiro atoms. The topological polar surface area (TPSA) is 67.6 Å². The fourth-order valence-corrected chi connectivity index (χ4v) is 3.51. The number of thiophene rings is 1. The first-order valence-electron chi connectivity index (χ1n) is 7.82. The van der Waals surface area contributed by atoms with Gasteiger partial charge in [0.05, 0.1) is 28.2 Å². The number of nitrogens with one attached hydrogen (secondary N) is 1. The lowest BCUT2D eigenvalue weighted by Gasteiger charge is -2.15. The summed E-state index contributed by atoms with van der Waals surface area (Å²) >= 11 is 7.43. The van der Waals surface area contributed by atoms with E-state index < -0.39 is 0 Å². The van der Waals surface area contributed by atoms with Crippen molar-refractivity contribution < 1.29 is 14.1 Å². The lowest BCUT2D eigenvalue weighted by molar-refractivity contribution is 0.0827. The van der Waals surface area contributed by atoms with Crippen molar-refractivity contribution in [3.05, 3.63) is 52.0 Å². The Morgan fingerprint density at radius 1 is 1.35 bits per heavy atom. The monoisotopic (exact) mass is 391 g/mol. The summed E-state index contributed by atoms with van der Waals surface area (Å²) in [6.45, 7) is 0.463. The maximum Gasteiger partial charge on any atom is 0.253 e. The zero-order chi connectivity index (χ0) is 18.7. The van der Waals surface area contributed by atoms with Crippen LogP contribution in [0.1, 0.15) is 15.9 Å². The molecule has 0 radical (unpaired) electrons. The molecular formula is C18H18ClN3O3S. The van der Waals surface area contributed by atoms with Crippen molar-refractivity contribution >= 4 is 34.5 Å². The summed E-state index contributed by atoms with van der Waals surface area (Å²) in [6.07, 6.45) is 1.66. The van der Waals surface area contributed by atoms with Gasteiger partial charge in [0.25, 0.3) is 5.91 Å². The molecule has 0 unspecified atom stereocenters. The maximum absolute atomic E-state index is 12.2. The summed E-state index contributed by atoms with van der Waals surface area (Å²) in [5.74, 6) is 1.25. The predicted molar refractivity (Wildman–Crippen MR) is 103 cm³/mol. The van der Waals surface area contributed by atoms with Gasteiger partial charge in [-0.3, -0.25) is 4.79 Å². The average molecular weight is 392 g/mol. The van der Waals surface area contributed by atoms with Gasteiger partial charge in [0.15, 0.2) is 5.76 Å². The van der Waals surface area contributed by atoms with E-state index in [0.717, 1.165) is 16.1 Å². The summed E-state index contributed by atoms with van der Waals surface area (Å²) in [4.78, 5) is 14.6. The number of nitrogens with zero attached hydrogens (tertiary/aromatic N) is 2. The van der Waals surface area contributed by atoms with Gasteiger partial charge in [0, 0.05) is 31.8 Å². The second-order valence-electron chi connectivity index (χ2n) is 5.75. The van der Waals surface area contributed by atoms with Gasteiger partial charge in [0.1, 0.15) is 5.75 Å². The lowest BCUT2D eigenvalue weighted by Crippen LogP contribution is -2.21. The summed E-state index contributed by atoms with van der Waals surface area (Å²) in [5, 5.41) is 7.18. The molecular weight excluding hydrogens is 374 g/mol. The number of methoxy groups -OCH3 is 1. The Bertz CT molecular complexity index is 920. The first kappa shape index (κ1) is 18.3. The highest BCUT2D eigenvalue weighted by atomic mass is 35.5. The van der Waals surface area contributed by atoms with Crippen molar-refractivity contribution in [2.75, 3.05) is 26.5 Å². The number of ether oxygens (including phenoxy) is 1. The molecule has 0 bridgehead atoms. The van der Waals surface area contributed by atoms with Gasteiger partial charge in [-0.1, -0.05) is 16.8 Å². The van der Waals surface area contributed by atoms with Gasteiger partial charge in [-0.05, 0) is 30.3 Å². The molecule has 1 amide bonds. The highest BCUT2D eigenvalue weighted by molar-refractivity contribution is 7.19. The van der Waals surface area contributed by atoms with E-state index >= 15 is 0 Å². The van der Waals surface area contributed by atoms with E-state index in [2.05, 4.69) is 10.5 Å². The first-order chi connectivity index (χ1) is 12.5. The number of halogens is 1. The molecule has 0 atom stereocenters. The van der Waals surface area contributed by atoms with Crippen molar-refractivity contribution in [3.8, 4) is 16.4 Å². The molecule has 0 saturated heterocycles. The van der Waals surface area contributed by atoms with Crippen molar-refractivity contribution in [1.82, 2.24) is 10.1 Å². The van der Waals surface area contributed by atoms with E-state index in [1.165, 1.54) is 16.2 Å². The number of carbonyl (C=O) groups excluding carboxylic acids is 1. The van der Waals surface area contributed by atoms with Crippen LogP contribution in [0.3, 0.4) is 0 Å². The number of aromatic nitrogens is 1. The standard InChI is InChI=1S/C18H18ClN3O3S/c1-22(2)18(23)11-4-5-14(24-3)13(8-11)20-9-12-10-21-25-17(12)15-6-7-16(19)26-15/h4-8,10,20H,9H2,1-3H3. The molecule has 0 aliphatic heterocycles. The number of anilines is 1. The number of rotatable bonds is 6. The van der Waals surface area contributed by atoms with Gasteiger partial charge in [-0.2, -0.15) is 0 Å². The van der Waals surface area contributed by atoms with Crippen LogP contribution < -0.4 is 10.1 Å². The van der Waals surface area contributed by atoms with Crippen LogP contribution >= 0.6 is 22.9 Å². The Morgan fingerprint density at radius 2 is 2.15 bits per heavy atom. The maximum atomic E-state index is 12.2. The largest absolute Gasteiger partial charge is 0.495 e. The van der Waals surface area contributed by atoms with Crippen molar-refractivity contribution in [3.63, 3.8) is 0 Å². The molecule has 3 rings (SSSR count). The van der Waals surface area contributed by atoms with Gasteiger partial charge >= 0.3 is 0 Å². The van der Waals surface area contributed by atoms with Crippen molar-refractivity contribution in [1.29, 1.82) is 0 Å². The summed E-state index contributed by atoms with van der Waals surface area (Å²) in [5.41, 5.74) is 2.18. The minimum absolute atomic E-state index is 0.0744. The number of benzene rings is 1. The van der Waals surface area contributed by atoms with Crippen LogP contribution in [0.2, 0.25) is 4.34 Å². The van der Waals surface area contributed by atoms with E-state index in [-0.39, 0.29) is 5.91 Å². The van der Waals surface area contributed by atoms with Crippen LogP contribution in [-0.4, -0.2) is 37.2 Å². The Hall–Kier alpha value is -2.51. The van der Waals surface area contributed by atoms with E-state index in [0.29, 0.717) is 28.0 Å².